The van der Waals surface area contributed by atoms with E-state index >= 15 is 0 Å². The zero-order valence-corrected chi connectivity index (χ0v) is 15.6. The van der Waals surface area contributed by atoms with Gasteiger partial charge in [-0.25, -0.2) is 4.31 Å². The lowest BCUT2D eigenvalue weighted by Crippen LogP contribution is -2.32. The van der Waals surface area contributed by atoms with E-state index in [2.05, 4.69) is 37.0 Å². The molecule has 0 aromatic carbocycles. The van der Waals surface area contributed by atoms with Gasteiger partial charge in [-0.15, -0.1) is 0 Å². The van der Waals surface area contributed by atoms with Gasteiger partial charge in [0.2, 0.25) is 0 Å². The maximum atomic E-state index is 9.37. The molecule has 0 unspecified atom stereocenters. The molecular formula is C15H29BN2O3S. The summed E-state index contributed by atoms with van der Waals surface area (Å²) in [6, 6.07) is 1.68. The average molecular weight is 328 g/mol. The van der Waals surface area contributed by atoms with E-state index in [-0.39, 0.29) is 4.75 Å². The lowest BCUT2D eigenvalue weighted by atomic mass is 9.80. The van der Waals surface area contributed by atoms with Gasteiger partial charge in [0, 0.05) is 16.8 Å². The van der Waals surface area contributed by atoms with Gasteiger partial charge < -0.3 is 14.8 Å². The molecule has 1 aromatic rings. The van der Waals surface area contributed by atoms with Gasteiger partial charge in [-0.1, -0.05) is 32.7 Å². The zero-order chi connectivity index (χ0) is 17.3. The van der Waals surface area contributed by atoms with Gasteiger partial charge in [0.15, 0.2) is 0 Å². The van der Waals surface area contributed by atoms with Crippen LogP contribution < -0.4 is 10.2 Å². The highest BCUT2D eigenvalue weighted by molar-refractivity contribution is 7.98. The van der Waals surface area contributed by atoms with Crippen LogP contribution in [0.4, 0.5) is 0 Å². The van der Waals surface area contributed by atoms with Gasteiger partial charge in [0.25, 0.3) is 0 Å². The summed E-state index contributed by atoms with van der Waals surface area (Å²) in [5.41, 5.74) is 1.13. The largest absolute Gasteiger partial charge is 0.496 e. The van der Waals surface area contributed by atoms with Gasteiger partial charge >= 0.3 is 7.12 Å². The SMILES string of the molecule is CC.CCN(Cc1cc(B(O)O)c(OC)cn1)SC(C)(C)C. The molecule has 0 amide bonds. The highest BCUT2D eigenvalue weighted by atomic mass is 32.2. The van der Waals surface area contributed by atoms with Crippen LogP contribution in [0.1, 0.15) is 47.2 Å². The summed E-state index contributed by atoms with van der Waals surface area (Å²) in [4.78, 5) is 4.31. The van der Waals surface area contributed by atoms with Crippen LogP contribution in [-0.4, -0.2) is 44.9 Å². The van der Waals surface area contributed by atoms with Crippen molar-refractivity contribution < 1.29 is 14.8 Å². The summed E-state index contributed by atoms with van der Waals surface area (Å²) in [6.07, 6.45) is 1.53. The van der Waals surface area contributed by atoms with Crippen molar-refractivity contribution in [3.63, 3.8) is 0 Å². The third-order valence-electron chi connectivity index (χ3n) is 2.55. The second-order valence-electron chi connectivity index (χ2n) is 5.45. The van der Waals surface area contributed by atoms with Gasteiger partial charge in [-0.05, 0) is 26.8 Å². The first-order valence-electron chi connectivity index (χ1n) is 7.60. The van der Waals surface area contributed by atoms with E-state index in [1.54, 1.807) is 18.0 Å². The summed E-state index contributed by atoms with van der Waals surface area (Å²) in [7, 11) is -0.0758. The van der Waals surface area contributed by atoms with Crippen LogP contribution in [-0.2, 0) is 6.54 Å². The topological polar surface area (TPSA) is 65.8 Å². The molecule has 0 radical (unpaired) electrons. The number of ether oxygens (including phenoxy) is 1. The normalized spacial score (nSPS) is 11.0. The van der Waals surface area contributed by atoms with Crippen molar-refractivity contribution >= 4 is 24.5 Å². The van der Waals surface area contributed by atoms with Crippen LogP contribution >= 0.6 is 11.9 Å². The number of hydrogen-bond donors (Lipinski definition) is 2. The Labute approximate surface area is 139 Å². The Morgan fingerprint density at radius 2 is 1.91 bits per heavy atom. The Bertz CT molecular complexity index is 439. The lowest BCUT2D eigenvalue weighted by molar-refractivity contribution is 0.400. The van der Waals surface area contributed by atoms with Crippen molar-refractivity contribution in [2.45, 2.75) is 52.8 Å². The molecule has 0 spiro atoms. The second-order valence-corrected chi connectivity index (χ2v) is 7.37. The standard InChI is InChI=1S/C13H23BN2O3S.C2H6/c1-6-16(20-13(2,3)4)9-10-7-11(14(17)18)12(19-5)8-15-10;1-2/h7-8,17-18H,6,9H2,1-5H3;1-2H3. The molecular weight excluding hydrogens is 299 g/mol. The molecule has 7 heteroatoms. The second kappa shape index (κ2) is 10.1. The Morgan fingerprint density at radius 1 is 1.32 bits per heavy atom. The Kier molecular flexibility index (Phi) is 9.75. The minimum Gasteiger partial charge on any atom is -0.496 e. The van der Waals surface area contributed by atoms with E-state index in [4.69, 9.17) is 4.74 Å². The molecule has 0 fully saturated rings. The molecule has 0 atom stereocenters. The van der Waals surface area contributed by atoms with Crippen molar-refractivity contribution in [2.24, 2.45) is 0 Å². The van der Waals surface area contributed by atoms with Crippen LogP contribution in [0.15, 0.2) is 12.3 Å². The van der Waals surface area contributed by atoms with Gasteiger partial charge in [0.05, 0.1) is 25.5 Å². The smallest absolute Gasteiger partial charge is 0.492 e. The third-order valence-corrected chi connectivity index (χ3v) is 3.74. The minimum absolute atomic E-state index is 0.127. The van der Waals surface area contributed by atoms with Crippen molar-refractivity contribution in [2.75, 3.05) is 13.7 Å². The maximum Gasteiger partial charge on any atom is 0.492 e. The molecule has 0 aliphatic rings. The van der Waals surface area contributed by atoms with E-state index in [0.717, 1.165) is 12.2 Å². The molecule has 1 rings (SSSR count). The molecule has 1 aromatic heterocycles. The van der Waals surface area contributed by atoms with Crippen molar-refractivity contribution in [3.8, 4) is 5.75 Å². The van der Waals surface area contributed by atoms with Gasteiger partial charge in [0.1, 0.15) is 5.75 Å². The maximum absolute atomic E-state index is 9.37. The molecule has 22 heavy (non-hydrogen) atoms. The summed E-state index contributed by atoms with van der Waals surface area (Å²) in [5.74, 6) is 0.385. The molecule has 1 heterocycles. The Hall–Kier alpha value is -0.755. The molecule has 5 nitrogen and oxygen atoms in total. The predicted octanol–water partition coefficient (Wildman–Crippen LogP) is 2.06. The van der Waals surface area contributed by atoms with E-state index in [9.17, 15) is 10.0 Å². The molecule has 0 aliphatic carbocycles. The zero-order valence-electron chi connectivity index (χ0n) is 14.8. The highest BCUT2D eigenvalue weighted by Crippen LogP contribution is 2.28. The fourth-order valence-corrected chi connectivity index (χ4v) is 2.84. The number of aromatic nitrogens is 1. The van der Waals surface area contributed by atoms with Gasteiger partial charge in [-0.3, -0.25) is 4.98 Å². The molecule has 0 aliphatic heterocycles. The lowest BCUT2D eigenvalue weighted by Gasteiger charge is -2.27. The average Bonchev–Trinajstić information content (AvgIpc) is 2.47. The number of rotatable bonds is 6. The minimum atomic E-state index is -1.56. The van der Waals surface area contributed by atoms with Crippen LogP contribution in [0, 0.1) is 0 Å². The summed E-state index contributed by atoms with van der Waals surface area (Å²) in [5, 5.41) is 18.7. The van der Waals surface area contributed by atoms with Crippen LogP contribution in [0.5, 0.6) is 5.75 Å². The monoisotopic (exact) mass is 328 g/mol. The first-order valence-corrected chi connectivity index (χ1v) is 8.37. The molecule has 0 bridgehead atoms. The number of hydrogen-bond acceptors (Lipinski definition) is 6. The predicted molar refractivity (Wildman–Crippen MR) is 95.4 cm³/mol. The molecule has 0 saturated heterocycles. The van der Waals surface area contributed by atoms with E-state index in [1.165, 1.54) is 13.3 Å². The first kappa shape index (κ1) is 21.2. The summed E-state index contributed by atoms with van der Waals surface area (Å²) >= 11 is 1.76. The number of pyridine rings is 1. The van der Waals surface area contributed by atoms with Crippen LogP contribution in [0.25, 0.3) is 0 Å². The van der Waals surface area contributed by atoms with Gasteiger partial charge in [-0.2, -0.15) is 0 Å². The van der Waals surface area contributed by atoms with Crippen molar-refractivity contribution in [1.29, 1.82) is 0 Å². The molecule has 0 saturated carbocycles. The Balaban J connectivity index is 0.00000211. The van der Waals surface area contributed by atoms with Crippen LogP contribution in [0.2, 0.25) is 0 Å². The molecule has 126 valence electrons. The Morgan fingerprint density at radius 3 is 2.32 bits per heavy atom. The fourth-order valence-electron chi connectivity index (χ4n) is 1.74. The van der Waals surface area contributed by atoms with Crippen molar-refractivity contribution in [3.05, 3.63) is 18.0 Å². The first-order chi connectivity index (χ1) is 10.3. The van der Waals surface area contributed by atoms with Crippen LogP contribution in [0.3, 0.4) is 0 Å². The van der Waals surface area contributed by atoms with E-state index in [1.807, 2.05) is 13.8 Å². The number of methoxy groups -OCH3 is 1. The third kappa shape index (κ3) is 7.49. The van der Waals surface area contributed by atoms with Crippen molar-refractivity contribution in [1.82, 2.24) is 9.29 Å². The fraction of sp³-hybridized carbons (Fsp3) is 0.667. The quantitative estimate of drug-likeness (QED) is 0.616. The van der Waals surface area contributed by atoms with E-state index < -0.39 is 7.12 Å². The highest BCUT2D eigenvalue weighted by Gasteiger charge is 2.20. The summed E-state index contributed by atoms with van der Waals surface area (Å²) < 4.78 is 7.40. The summed E-state index contributed by atoms with van der Waals surface area (Å²) in [6.45, 7) is 14.1. The molecule has 2 N–H and O–H groups in total. The van der Waals surface area contributed by atoms with E-state index in [0.29, 0.717) is 17.8 Å². The number of nitrogens with zero attached hydrogens (tertiary/aromatic N) is 2.